The molecule has 0 aromatic heterocycles. The molecular formula is C27H56BO2. The number of rotatable bonds is 3. The maximum Gasteiger partial charge on any atom is 0.0650 e. The Morgan fingerprint density at radius 3 is 1.50 bits per heavy atom. The molecule has 3 radical (unpaired) electrons. The first-order valence-corrected chi connectivity index (χ1v) is 11.8. The Balaban J connectivity index is -0.000000347. The van der Waals surface area contributed by atoms with Gasteiger partial charge in [-0.05, 0) is 48.9 Å². The molecule has 179 valence electrons. The van der Waals surface area contributed by atoms with E-state index in [1.165, 1.54) is 44.9 Å². The Morgan fingerprint density at radius 1 is 0.700 bits per heavy atom. The molecule has 0 atom stereocenters. The molecule has 2 aliphatic heterocycles. The van der Waals surface area contributed by atoms with Crippen LogP contribution in [-0.2, 0) is 9.47 Å². The van der Waals surface area contributed by atoms with E-state index in [4.69, 9.17) is 9.47 Å². The van der Waals surface area contributed by atoms with Gasteiger partial charge in [0.15, 0.2) is 0 Å². The van der Waals surface area contributed by atoms with Crippen LogP contribution in [0.15, 0.2) is 11.6 Å². The lowest BCUT2D eigenvalue weighted by molar-refractivity contribution is 0.0523. The van der Waals surface area contributed by atoms with Gasteiger partial charge in [0.2, 0.25) is 0 Å². The third-order valence-electron chi connectivity index (χ3n) is 6.54. The van der Waals surface area contributed by atoms with Gasteiger partial charge in [0.05, 0.1) is 13.2 Å². The van der Waals surface area contributed by atoms with Gasteiger partial charge in [0, 0.05) is 21.6 Å². The molecule has 0 aromatic rings. The molecule has 1 aliphatic carbocycles. The molecule has 0 aromatic carbocycles. The summed E-state index contributed by atoms with van der Waals surface area (Å²) in [6, 6.07) is 0. The van der Waals surface area contributed by atoms with Crippen molar-refractivity contribution < 1.29 is 9.47 Å². The van der Waals surface area contributed by atoms with Crippen molar-refractivity contribution in [2.75, 3.05) is 26.4 Å². The first kappa shape index (κ1) is 34.3. The summed E-state index contributed by atoms with van der Waals surface area (Å²) in [6.45, 7) is 17.5. The summed E-state index contributed by atoms with van der Waals surface area (Å²) in [5.41, 5.74) is 1.56. The Kier molecular flexibility index (Phi) is 23.6. The minimum absolute atomic E-state index is 0. The molecule has 30 heavy (non-hydrogen) atoms. The lowest BCUT2D eigenvalue weighted by Gasteiger charge is -2.24. The summed E-state index contributed by atoms with van der Waals surface area (Å²) in [5, 5.41) is 0. The second-order valence-corrected chi connectivity index (χ2v) is 9.59. The van der Waals surface area contributed by atoms with Crippen LogP contribution in [0.25, 0.3) is 0 Å². The molecule has 3 heteroatoms. The van der Waals surface area contributed by atoms with Gasteiger partial charge in [0.1, 0.15) is 0 Å². The highest BCUT2D eigenvalue weighted by Crippen LogP contribution is 2.29. The fourth-order valence-electron chi connectivity index (χ4n) is 4.25. The van der Waals surface area contributed by atoms with Gasteiger partial charge >= 0.3 is 0 Å². The highest BCUT2D eigenvalue weighted by Gasteiger charge is 2.16. The summed E-state index contributed by atoms with van der Waals surface area (Å²) in [5.74, 6) is 4.49. The Hall–Kier alpha value is -0.275. The minimum atomic E-state index is 0. The van der Waals surface area contributed by atoms with E-state index >= 15 is 0 Å². The van der Waals surface area contributed by atoms with Crippen molar-refractivity contribution in [1.82, 2.24) is 0 Å². The van der Waals surface area contributed by atoms with Gasteiger partial charge in [-0.25, -0.2) is 0 Å². The smallest absolute Gasteiger partial charge is 0.0650 e. The Morgan fingerprint density at radius 2 is 1.20 bits per heavy atom. The SMILES string of the molecule is C.C.CC(C)C1=CCOCC1.CC(C)C1CCCCC1.CC(C)C1CCOCC1.[B]. The average molecular weight is 424 g/mol. The molecule has 3 rings (SSSR count). The molecule has 1 saturated heterocycles. The van der Waals surface area contributed by atoms with Gasteiger partial charge in [-0.3, -0.25) is 0 Å². The summed E-state index contributed by atoms with van der Waals surface area (Å²) >= 11 is 0. The molecule has 0 N–H and O–H groups in total. The van der Waals surface area contributed by atoms with Crippen molar-refractivity contribution in [1.29, 1.82) is 0 Å². The van der Waals surface area contributed by atoms with Crippen LogP contribution in [0, 0.1) is 29.6 Å². The first-order chi connectivity index (χ1) is 12.9. The highest BCUT2D eigenvalue weighted by molar-refractivity contribution is 5.75. The van der Waals surface area contributed by atoms with E-state index in [-0.39, 0.29) is 23.3 Å². The van der Waals surface area contributed by atoms with E-state index in [2.05, 4.69) is 47.6 Å². The molecule has 3 aliphatic rings. The summed E-state index contributed by atoms with van der Waals surface area (Å²) < 4.78 is 10.4. The van der Waals surface area contributed by atoms with Crippen LogP contribution in [0.3, 0.4) is 0 Å². The summed E-state index contributed by atoms with van der Waals surface area (Å²) in [7, 11) is 0. The molecule has 0 amide bonds. The fourth-order valence-corrected chi connectivity index (χ4v) is 4.25. The zero-order valence-corrected chi connectivity index (χ0v) is 19.8. The number of hydrogen-bond donors (Lipinski definition) is 0. The predicted octanol–water partition coefficient (Wildman–Crippen LogP) is 8.17. The Bertz CT molecular complexity index is 356. The van der Waals surface area contributed by atoms with E-state index in [1.807, 2.05) is 0 Å². The normalized spacial score (nSPS) is 19.8. The summed E-state index contributed by atoms with van der Waals surface area (Å²) in [4.78, 5) is 0. The highest BCUT2D eigenvalue weighted by atomic mass is 16.5. The third-order valence-corrected chi connectivity index (χ3v) is 6.54. The van der Waals surface area contributed by atoms with Gasteiger partial charge < -0.3 is 9.47 Å². The van der Waals surface area contributed by atoms with E-state index in [0.717, 1.165) is 56.5 Å². The second kappa shape index (κ2) is 20.6. The van der Waals surface area contributed by atoms with E-state index in [9.17, 15) is 0 Å². The topological polar surface area (TPSA) is 18.5 Å². The number of ether oxygens (including phenoxy) is 2. The van der Waals surface area contributed by atoms with Crippen molar-refractivity contribution in [3.8, 4) is 0 Å². The number of hydrogen-bond acceptors (Lipinski definition) is 2. The zero-order chi connectivity index (χ0) is 20.1. The van der Waals surface area contributed by atoms with Crippen LogP contribution in [0.1, 0.15) is 108 Å². The van der Waals surface area contributed by atoms with Crippen LogP contribution in [0.4, 0.5) is 0 Å². The van der Waals surface area contributed by atoms with E-state index in [0.29, 0.717) is 5.92 Å². The third kappa shape index (κ3) is 15.5. The monoisotopic (exact) mass is 423 g/mol. The lowest BCUT2D eigenvalue weighted by atomic mass is 9.82. The molecule has 1 saturated carbocycles. The second-order valence-electron chi connectivity index (χ2n) is 9.59. The first-order valence-electron chi connectivity index (χ1n) is 11.8. The van der Waals surface area contributed by atoms with Crippen molar-refractivity contribution >= 4 is 8.41 Å². The van der Waals surface area contributed by atoms with Crippen molar-refractivity contribution in [3.05, 3.63) is 11.6 Å². The van der Waals surface area contributed by atoms with E-state index in [1.54, 1.807) is 5.57 Å². The van der Waals surface area contributed by atoms with Crippen molar-refractivity contribution in [2.24, 2.45) is 29.6 Å². The van der Waals surface area contributed by atoms with Gasteiger partial charge in [0.25, 0.3) is 0 Å². The maximum atomic E-state index is 5.25. The molecule has 2 fully saturated rings. The quantitative estimate of drug-likeness (QED) is 0.337. The van der Waals surface area contributed by atoms with Crippen molar-refractivity contribution in [2.45, 2.75) is 108 Å². The molecular weight excluding hydrogens is 367 g/mol. The van der Waals surface area contributed by atoms with Crippen LogP contribution in [0.5, 0.6) is 0 Å². The van der Waals surface area contributed by atoms with Crippen molar-refractivity contribution in [3.63, 3.8) is 0 Å². The minimum Gasteiger partial charge on any atom is -0.381 e. The predicted molar refractivity (Wildman–Crippen MR) is 137 cm³/mol. The standard InChI is InChI=1S/C9H18.C8H16O.C8H14O.2CH4.B/c1-8(2)9-6-4-3-5-7-9;2*1-7(2)8-3-5-9-6-4-8;;;/h8-9H,3-7H2,1-2H3;7-8H,3-6H2,1-2H3;3,7H,4-6H2,1-2H3;2*1H4;. The van der Waals surface area contributed by atoms with Crippen LogP contribution in [0.2, 0.25) is 0 Å². The van der Waals surface area contributed by atoms with Gasteiger partial charge in [-0.2, -0.15) is 0 Å². The molecule has 0 bridgehead atoms. The van der Waals surface area contributed by atoms with Gasteiger partial charge in [-0.15, -0.1) is 0 Å². The van der Waals surface area contributed by atoms with E-state index < -0.39 is 0 Å². The Labute approximate surface area is 193 Å². The maximum absolute atomic E-state index is 5.25. The van der Waals surface area contributed by atoms with Crippen LogP contribution in [-0.4, -0.2) is 34.8 Å². The van der Waals surface area contributed by atoms with Gasteiger partial charge in [-0.1, -0.05) is 100 Å². The molecule has 2 heterocycles. The fraction of sp³-hybridized carbons (Fsp3) is 0.926. The molecule has 0 unspecified atom stereocenters. The largest absolute Gasteiger partial charge is 0.381 e. The average Bonchev–Trinajstić information content (AvgIpc) is 2.71. The molecule has 2 nitrogen and oxygen atoms in total. The lowest BCUT2D eigenvalue weighted by Crippen LogP contribution is -2.19. The zero-order valence-electron chi connectivity index (χ0n) is 19.8. The summed E-state index contributed by atoms with van der Waals surface area (Å²) in [6.07, 6.45) is 13.4. The van der Waals surface area contributed by atoms with Crippen LogP contribution >= 0.6 is 0 Å². The molecule has 0 spiro atoms. The van der Waals surface area contributed by atoms with Crippen LogP contribution < -0.4 is 0 Å².